The molecule has 0 spiro atoms. The van der Waals surface area contributed by atoms with Crippen LogP contribution in [0.15, 0.2) is 12.4 Å². The van der Waals surface area contributed by atoms with E-state index in [0.29, 0.717) is 30.1 Å². The van der Waals surface area contributed by atoms with Gasteiger partial charge in [0.15, 0.2) is 5.65 Å². The molecule has 2 fully saturated rings. The van der Waals surface area contributed by atoms with Crippen LogP contribution in [0.5, 0.6) is 0 Å². The first-order valence-corrected chi connectivity index (χ1v) is 11.7. The van der Waals surface area contributed by atoms with Gasteiger partial charge in [-0.3, -0.25) is 4.68 Å². The number of hydrogen-bond donors (Lipinski definition) is 0. The highest BCUT2D eigenvalue weighted by Crippen LogP contribution is 2.43. The van der Waals surface area contributed by atoms with Gasteiger partial charge < -0.3 is 9.64 Å². The second kappa shape index (κ2) is 8.06. The molecule has 1 aliphatic carbocycles. The Balaban J connectivity index is 1.52. The molecule has 2 aliphatic rings. The zero-order valence-electron chi connectivity index (χ0n) is 19.8. The third kappa shape index (κ3) is 4.08. The number of morpholine rings is 1. The van der Waals surface area contributed by atoms with E-state index in [0.717, 1.165) is 53.5 Å². The monoisotopic (exact) mass is 435 g/mol. The highest BCUT2D eigenvalue weighted by atomic mass is 16.5. The van der Waals surface area contributed by atoms with Gasteiger partial charge in [0.05, 0.1) is 36.4 Å². The van der Waals surface area contributed by atoms with Crippen LogP contribution in [0.1, 0.15) is 74.2 Å². The van der Waals surface area contributed by atoms with Crippen LogP contribution in [-0.4, -0.2) is 49.4 Å². The molecule has 8 nitrogen and oxygen atoms in total. The van der Waals surface area contributed by atoms with Crippen LogP contribution in [-0.2, 0) is 11.8 Å². The maximum atomic E-state index is 6.04. The summed E-state index contributed by atoms with van der Waals surface area (Å²) < 4.78 is 7.86. The second-order valence-corrected chi connectivity index (χ2v) is 10.2. The Hall–Kier alpha value is -2.61. The Labute approximate surface area is 189 Å². The molecule has 0 unspecified atom stereocenters. The van der Waals surface area contributed by atoms with Crippen LogP contribution in [0.25, 0.3) is 11.2 Å². The van der Waals surface area contributed by atoms with E-state index >= 15 is 0 Å². The van der Waals surface area contributed by atoms with Gasteiger partial charge in [0, 0.05) is 31.3 Å². The van der Waals surface area contributed by atoms with Gasteiger partial charge >= 0.3 is 0 Å². The first kappa shape index (κ1) is 21.2. The molecule has 0 radical (unpaired) electrons. The van der Waals surface area contributed by atoms with Crippen molar-refractivity contribution in [3.8, 4) is 0 Å². The summed E-state index contributed by atoms with van der Waals surface area (Å²) in [7, 11) is 1.93. The van der Waals surface area contributed by atoms with E-state index in [2.05, 4.69) is 23.8 Å². The van der Waals surface area contributed by atoms with E-state index in [9.17, 15) is 0 Å². The molecular formula is C24H33N7O. The van der Waals surface area contributed by atoms with Gasteiger partial charge in [-0.15, -0.1) is 0 Å². The molecule has 0 bridgehead atoms. The van der Waals surface area contributed by atoms with Crippen molar-refractivity contribution in [1.29, 1.82) is 0 Å². The summed E-state index contributed by atoms with van der Waals surface area (Å²) in [5.41, 5.74) is 6.02. The van der Waals surface area contributed by atoms with Crippen molar-refractivity contribution >= 4 is 17.1 Å². The van der Waals surface area contributed by atoms with Crippen LogP contribution in [0, 0.1) is 19.3 Å². The highest BCUT2D eigenvalue weighted by Gasteiger charge is 2.32. The molecule has 0 amide bonds. The molecule has 1 aliphatic heterocycles. The van der Waals surface area contributed by atoms with Crippen LogP contribution >= 0.6 is 0 Å². The lowest BCUT2D eigenvalue weighted by Gasteiger charge is -2.35. The molecule has 3 aromatic heterocycles. The second-order valence-electron chi connectivity index (χ2n) is 10.2. The van der Waals surface area contributed by atoms with E-state index in [1.807, 2.05) is 38.0 Å². The Kier molecular flexibility index (Phi) is 5.35. The zero-order valence-corrected chi connectivity index (χ0v) is 19.8. The third-order valence-electron chi connectivity index (χ3n) is 7.13. The lowest BCUT2D eigenvalue weighted by molar-refractivity contribution is 0.0392. The van der Waals surface area contributed by atoms with E-state index in [1.54, 1.807) is 0 Å². The normalized spacial score (nSPS) is 21.9. The van der Waals surface area contributed by atoms with Crippen molar-refractivity contribution in [1.82, 2.24) is 29.7 Å². The Morgan fingerprint density at radius 1 is 1.03 bits per heavy atom. The Bertz CT molecular complexity index is 1130. The molecule has 8 heteroatoms. The molecule has 32 heavy (non-hydrogen) atoms. The van der Waals surface area contributed by atoms with E-state index in [-0.39, 0.29) is 6.10 Å². The van der Waals surface area contributed by atoms with E-state index in [1.165, 1.54) is 12.8 Å². The largest absolute Gasteiger partial charge is 0.370 e. The van der Waals surface area contributed by atoms with Gasteiger partial charge in [-0.05, 0) is 44.9 Å². The lowest BCUT2D eigenvalue weighted by atomic mass is 9.72. The molecule has 0 N–H and O–H groups in total. The van der Waals surface area contributed by atoms with Crippen molar-refractivity contribution in [2.24, 2.45) is 12.5 Å². The number of aryl methyl sites for hydroxylation is 3. The summed E-state index contributed by atoms with van der Waals surface area (Å²) in [5, 5.41) is 4.30. The van der Waals surface area contributed by atoms with E-state index < -0.39 is 0 Å². The number of aromatic nitrogens is 6. The number of fused-ring (bicyclic) bond motifs is 1. The van der Waals surface area contributed by atoms with Crippen molar-refractivity contribution in [3.05, 3.63) is 35.0 Å². The molecule has 1 saturated carbocycles. The minimum absolute atomic E-state index is 0.0403. The van der Waals surface area contributed by atoms with Gasteiger partial charge in [0.25, 0.3) is 0 Å². The summed E-state index contributed by atoms with van der Waals surface area (Å²) in [6.07, 6.45) is 8.53. The fraction of sp³-hybridized carbons (Fsp3) is 0.625. The standard InChI is InChI=1S/C24H33N7O/c1-15-16(2)27-22-21(26-15)20(17-6-8-24(3,4)9-7-17)28-23(29-22)31-10-11-32-19(14-31)18-12-25-30(5)13-18/h12-13,17,19H,6-11,14H2,1-5H3/t19-/m0/s1. The summed E-state index contributed by atoms with van der Waals surface area (Å²) in [5.74, 6) is 1.14. The molecule has 3 aromatic rings. The molecular weight excluding hydrogens is 402 g/mol. The van der Waals surface area contributed by atoms with Gasteiger partial charge in [-0.2, -0.15) is 10.1 Å². The minimum atomic E-state index is -0.0403. The number of rotatable bonds is 3. The van der Waals surface area contributed by atoms with Crippen molar-refractivity contribution in [2.45, 2.75) is 65.4 Å². The molecule has 5 rings (SSSR count). The lowest BCUT2D eigenvalue weighted by Crippen LogP contribution is -2.39. The number of ether oxygens (including phenoxy) is 1. The van der Waals surface area contributed by atoms with Crippen molar-refractivity contribution in [2.75, 3.05) is 24.6 Å². The number of anilines is 1. The zero-order chi connectivity index (χ0) is 22.5. The van der Waals surface area contributed by atoms with Crippen LogP contribution in [0.2, 0.25) is 0 Å². The third-order valence-corrected chi connectivity index (χ3v) is 7.13. The maximum Gasteiger partial charge on any atom is 0.227 e. The molecule has 0 aromatic carbocycles. The van der Waals surface area contributed by atoms with Crippen molar-refractivity contribution < 1.29 is 4.74 Å². The van der Waals surface area contributed by atoms with Crippen LogP contribution in [0.3, 0.4) is 0 Å². The fourth-order valence-corrected chi connectivity index (χ4v) is 4.86. The smallest absolute Gasteiger partial charge is 0.227 e. The highest BCUT2D eigenvalue weighted by molar-refractivity contribution is 5.75. The molecule has 1 atom stereocenters. The van der Waals surface area contributed by atoms with Gasteiger partial charge in [0.1, 0.15) is 11.6 Å². The fourth-order valence-electron chi connectivity index (χ4n) is 4.86. The molecule has 4 heterocycles. The van der Waals surface area contributed by atoms with Gasteiger partial charge in [0.2, 0.25) is 5.95 Å². The summed E-state index contributed by atoms with van der Waals surface area (Å²) in [6.45, 7) is 10.8. The molecule has 1 saturated heterocycles. The predicted octanol–water partition coefficient (Wildman–Crippen LogP) is 4.03. The quantitative estimate of drug-likeness (QED) is 0.614. The van der Waals surface area contributed by atoms with Gasteiger partial charge in [-0.1, -0.05) is 13.8 Å². The minimum Gasteiger partial charge on any atom is -0.370 e. The number of nitrogens with zero attached hydrogens (tertiary/aromatic N) is 7. The predicted molar refractivity (Wildman–Crippen MR) is 124 cm³/mol. The van der Waals surface area contributed by atoms with Crippen LogP contribution < -0.4 is 4.90 Å². The SMILES string of the molecule is Cc1nc2nc(N3CCO[C@H](c4cnn(C)c4)C3)nc(C3CCC(C)(C)CC3)c2nc1C. The average Bonchev–Trinajstić information content (AvgIpc) is 3.21. The Morgan fingerprint density at radius 3 is 2.50 bits per heavy atom. The van der Waals surface area contributed by atoms with Crippen molar-refractivity contribution in [3.63, 3.8) is 0 Å². The first-order valence-electron chi connectivity index (χ1n) is 11.7. The summed E-state index contributed by atoms with van der Waals surface area (Å²) in [6, 6.07) is 0. The van der Waals surface area contributed by atoms with Gasteiger partial charge in [-0.25, -0.2) is 15.0 Å². The number of hydrogen-bond acceptors (Lipinski definition) is 7. The average molecular weight is 436 g/mol. The Morgan fingerprint density at radius 2 is 1.78 bits per heavy atom. The summed E-state index contributed by atoms with van der Waals surface area (Å²) in [4.78, 5) is 22.0. The van der Waals surface area contributed by atoms with E-state index in [4.69, 9.17) is 24.7 Å². The first-order chi connectivity index (χ1) is 15.3. The maximum absolute atomic E-state index is 6.04. The summed E-state index contributed by atoms with van der Waals surface area (Å²) >= 11 is 0. The van der Waals surface area contributed by atoms with Crippen LogP contribution in [0.4, 0.5) is 5.95 Å². The molecule has 170 valence electrons. The topological polar surface area (TPSA) is 81.9 Å².